The van der Waals surface area contributed by atoms with E-state index in [9.17, 15) is 4.79 Å². The SMILES string of the molecule is Cc1cc(Br)ccc1NC(=O)CCN1CCCCC1. The Hall–Kier alpha value is -0.870. The van der Waals surface area contributed by atoms with Crippen molar-refractivity contribution in [3.8, 4) is 0 Å². The molecule has 1 aromatic carbocycles. The molecule has 19 heavy (non-hydrogen) atoms. The first kappa shape index (κ1) is 14.5. The Kier molecular flexibility index (Phi) is 5.40. The van der Waals surface area contributed by atoms with E-state index in [-0.39, 0.29) is 5.91 Å². The van der Waals surface area contributed by atoms with E-state index in [2.05, 4.69) is 26.1 Å². The Morgan fingerprint density at radius 3 is 2.74 bits per heavy atom. The van der Waals surface area contributed by atoms with E-state index in [0.717, 1.165) is 35.4 Å². The smallest absolute Gasteiger partial charge is 0.225 e. The number of piperidine rings is 1. The van der Waals surface area contributed by atoms with Crippen LogP contribution in [0, 0.1) is 6.92 Å². The summed E-state index contributed by atoms with van der Waals surface area (Å²) in [5.41, 5.74) is 1.99. The quantitative estimate of drug-likeness (QED) is 0.918. The fourth-order valence-electron chi connectivity index (χ4n) is 2.42. The molecule has 1 aliphatic rings. The van der Waals surface area contributed by atoms with Crippen LogP contribution in [0.25, 0.3) is 0 Å². The molecular formula is C15H21BrN2O. The van der Waals surface area contributed by atoms with Crippen LogP contribution in [0.4, 0.5) is 5.69 Å². The molecule has 0 atom stereocenters. The van der Waals surface area contributed by atoms with E-state index < -0.39 is 0 Å². The molecule has 0 aromatic heterocycles. The van der Waals surface area contributed by atoms with Gasteiger partial charge in [0.25, 0.3) is 0 Å². The number of likely N-dealkylation sites (tertiary alicyclic amines) is 1. The van der Waals surface area contributed by atoms with Crippen LogP contribution in [-0.2, 0) is 4.79 Å². The molecule has 3 nitrogen and oxygen atoms in total. The second-order valence-corrected chi connectivity index (χ2v) is 6.08. The highest BCUT2D eigenvalue weighted by Crippen LogP contribution is 2.20. The lowest BCUT2D eigenvalue weighted by molar-refractivity contribution is -0.116. The molecule has 0 aliphatic carbocycles. The molecule has 1 amide bonds. The van der Waals surface area contributed by atoms with E-state index in [1.54, 1.807) is 0 Å². The molecule has 4 heteroatoms. The van der Waals surface area contributed by atoms with Crippen molar-refractivity contribution >= 4 is 27.5 Å². The number of halogens is 1. The van der Waals surface area contributed by atoms with Gasteiger partial charge in [0.2, 0.25) is 5.91 Å². The van der Waals surface area contributed by atoms with Crippen LogP contribution in [0.5, 0.6) is 0 Å². The minimum Gasteiger partial charge on any atom is -0.326 e. The van der Waals surface area contributed by atoms with Crippen LogP contribution < -0.4 is 5.32 Å². The highest BCUT2D eigenvalue weighted by molar-refractivity contribution is 9.10. The maximum absolute atomic E-state index is 11.9. The average molecular weight is 325 g/mol. The second kappa shape index (κ2) is 7.06. The van der Waals surface area contributed by atoms with Gasteiger partial charge < -0.3 is 10.2 Å². The van der Waals surface area contributed by atoms with Gasteiger partial charge in [-0.25, -0.2) is 0 Å². The Balaban J connectivity index is 1.80. The first-order valence-corrected chi connectivity index (χ1v) is 7.73. The maximum atomic E-state index is 11.9. The number of benzene rings is 1. The molecule has 1 fully saturated rings. The number of carbonyl (C=O) groups excluding carboxylic acids is 1. The number of hydrogen-bond acceptors (Lipinski definition) is 2. The molecule has 1 aliphatic heterocycles. The number of hydrogen-bond donors (Lipinski definition) is 1. The molecule has 1 heterocycles. The van der Waals surface area contributed by atoms with Crippen LogP contribution in [0.2, 0.25) is 0 Å². The highest BCUT2D eigenvalue weighted by Gasteiger charge is 2.12. The molecular weight excluding hydrogens is 304 g/mol. The summed E-state index contributed by atoms with van der Waals surface area (Å²) >= 11 is 3.43. The summed E-state index contributed by atoms with van der Waals surface area (Å²) in [6, 6.07) is 5.91. The Bertz CT molecular complexity index is 442. The molecule has 0 spiro atoms. The zero-order valence-electron chi connectivity index (χ0n) is 11.4. The zero-order chi connectivity index (χ0) is 13.7. The lowest BCUT2D eigenvalue weighted by Gasteiger charge is -2.26. The molecule has 1 saturated heterocycles. The number of nitrogens with one attached hydrogen (secondary N) is 1. The molecule has 0 unspecified atom stereocenters. The summed E-state index contributed by atoms with van der Waals surface area (Å²) in [6.45, 7) is 5.17. The zero-order valence-corrected chi connectivity index (χ0v) is 13.0. The molecule has 0 radical (unpaired) electrons. The van der Waals surface area contributed by atoms with Crippen molar-refractivity contribution in [2.75, 3.05) is 25.0 Å². The minimum atomic E-state index is 0.107. The fourth-order valence-corrected chi connectivity index (χ4v) is 2.90. The van der Waals surface area contributed by atoms with Crippen molar-refractivity contribution < 1.29 is 4.79 Å². The van der Waals surface area contributed by atoms with Gasteiger partial charge in [0.15, 0.2) is 0 Å². The van der Waals surface area contributed by atoms with Crippen molar-refractivity contribution in [3.05, 3.63) is 28.2 Å². The molecule has 0 bridgehead atoms. The molecule has 1 aromatic rings. The lowest BCUT2D eigenvalue weighted by Crippen LogP contribution is -2.32. The van der Waals surface area contributed by atoms with Crippen LogP contribution in [0.15, 0.2) is 22.7 Å². The van der Waals surface area contributed by atoms with Gasteiger partial charge in [-0.3, -0.25) is 4.79 Å². The highest BCUT2D eigenvalue weighted by atomic mass is 79.9. The van der Waals surface area contributed by atoms with Crippen LogP contribution >= 0.6 is 15.9 Å². The lowest BCUT2D eigenvalue weighted by atomic mass is 10.1. The molecule has 2 rings (SSSR count). The van der Waals surface area contributed by atoms with Crippen LogP contribution in [-0.4, -0.2) is 30.4 Å². The van der Waals surface area contributed by atoms with Gasteiger partial charge >= 0.3 is 0 Å². The number of carbonyl (C=O) groups is 1. The van der Waals surface area contributed by atoms with Crippen LogP contribution in [0.1, 0.15) is 31.2 Å². The number of amides is 1. The summed E-state index contributed by atoms with van der Waals surface area (Å²) in [6.07, 6.45) is 4.46. The van der Waals surface area contributed by atoms with Crippen molar-refractivity contribution in [1.82, 2.24) is 4.90 Å². The first-order chi connectivity index (χ1) is 9.15. The molecule has 1 N–H and O–H groups in total. The number of rotatable bonds is 4. The Morgan fingerprint density at radius 2 is 2.05 bits per heavy atom. The van der Waals surface area contributed by atoms with E-state index in [1.807, 2.05) is 25.1 Å². The van der Waals surface area contributed by atoms with E-state index in [1.165, 1.54) is 19.3 Å². The van der Waals surface area contributed by atoms with Crippen LogP contribution in [0.3, 0.4) is 0 Å². The van der Waals surface area contributed by atoms with Crippen molar-refractivity contribution in [2.45, 2.75) is 32.6 Å². The van der Waals surface area contributed by atoms with Gasteiger partial charge in [-0.2, -0.15) is 0 Å². The Labute approximate surface area is 123 Å². The monoisotopic (exact) mass is 324 g/mol. The average Bonchev–Trinajstić information content (AvgIpc) is 2.41. The Morgan fingerprint density at radius 1 is 1.32 bits per heavy atom. The minimum absolute atomic E-state index is 0.107. The van der Waals surface area contributed by atoms with Gasteiger partial charge in [-0.15, -0.1) is 0 Å². The summed E-state index contributed by atoms with van der Waals surface area (Å²) in [5, 5.41) is 2.99. The molecule has 104 valence electrons. The normalized spacial score (nSPS) is 16.3. The summed E-state index contributed by atoms with van der Waals surface area (Å²) in [7, 11) is 0. The predicted octanol–water partition coefficient (Wildman–Crippen LogP) is 3.57. The second-order valence-electron chi connectivity index (χ2n) is 5.16. The van der Waals surface area contributed by atoms with E-state index in [0.29, 0.717) is 6.42 Å². The van der Waals surface area contributed by atoms with Gasteiger partial charge in [0, 0.05) is 23.1 Å². The number of nitrogens with zero attached hydrogens (tertiary/aromatic N) is 1. The van der Waals surface area contributed by atoms with E-state index in [4.69, 9.17) is 0 Å². The third kappa shape index (κ3) is 4.62. The summed E-state index contributed by atoms with van der Waals surface area (Å²) in [4.78, 5) is 14.3. The standard InChI is InChI=1S/C15H21BrN2O/c1-12-11-13(16)5-6-14(12)17-15(19)7-10-18-8-3-2-4-9-18/h5-6,11H,2-4,7-10H2,1H3,(H,17,19). The van der Waals surface area contributed by atoms with E-state index >= 15 is 0 Å². The maximum Gasteiger partial charge on any atom is 0.225 e. The van der Waals surface area contributed by atoms with Gasteiger partial charge in [-0.05, 0) is 56.6 Å². The summed E-state index contributed by atoms with van der Waals surface area (Å²) in [5.74, 6) is 0.107. The third-order valence-electron chi connectivity index (χ3n) is 3.57. The number of anilines is 1. The predicted molar refractivity (Wildman–Crippen MR) is 82.4 cm³/mol. The van der Waals surface area contributed by atoms with Gasteiger partial charge in [0.1, 0.15) is 0 Å². The van der Waals surface area contributed by atoms with Gasteiger partial charge in [0.05, 0.1) is 0 Å². The molecule has 0 saturated carbocycles. The first-order valence-electron chi connectivity index (χ1n) is 6.93. The summed E-state index contributed by atoms with van der Waals surface area (Å²) < 4.78 is 1.04. The van der Waals surface area contributed by atoms with Crippen molar-refractivity contribution in [2.24, 2.45) is 0 Å². The fraction of sp³-hybridized carbons (Fsp3) is 0.533. The topological polar surface area (TPSA) is 32.3 Å². The number of aryl methyl sites for hydroxylation is 1. The third-order valence-corrected chi connectivity index (χ3v) is 4.06. The van der Waals surface area contributed by atoms with Gasteiger partial charge in [-0.1, -0.05) is 22.4 Å². The van der Waals surface area contributed by atoms with Crippen molar-refractivity contribution in [1.29, 1.82) is 0 Å². The van der Waals surface area contributed by atoms with Crippen molar-refractivity contribution in [3.63, 3.8) is 0 Å². The largest absolute Gasteiger partial charge is 0.326 e.